The molecule has 116 valence electrons. The summed E-state index contributed by atoms with van der Waals surface area (Å²) in [7, 11) is 0. The molecular formula is C16H29NO3. The summed E-state index contributed by atoms with van der Waals surface area (Å²) in [6, 6.07) is 0. The molecule has 0 aromatic carbocycles. The first-order valence-electron chi connectivity index (χ1n) is 7.55. The van der Waals surface area contributed by atoms with Crippen molar-refractivity contribution in [1.82, 2.24) is 4.90 Å². The lowest BCUT2D eigenvalue weighted by Crippen LogP contribution is -2.48. The topological polar surface area (TPSA) is 57.6 Å². The molecule has 1 saturated heterocycles. The van der Waals surface area contributed by atoms with Crippen molar-refractivity contribution < 1.29 is 14.7 Å². The maximum absolute atomic E-state index is 12.3. The predicted octanol–water partition coefficient (Wildman–Crippen LogP) is 3.16. The van der Waals surface area contributed by atoms with Gasteiger partial charge in [-0.25, -0.2) is 0 Å². The highest BCUT2D eigenvalue weighted by Crippen LogP contribution is 2.31. The maximum Gasteiger partial charge on any atom is 0.311 e. The zero-order valence-electron chi connectivity index (χ0n) is 13.5. The van der Waals surface area contributed by atoms with Gasteiger partial charge in [-0.3, -0.25) is 9.59 Å². The van der Waals surface area contributed by atoms with Crippen LogP contribution in [-0.4, -0.2) is 35.0 Å². The van der Waals surface area contributed by atoms with Gasteiger partial charge in [-0.05, 0) is 37.5 Å². The quantitative estimate of drug-likeness (QED) is 0.862. The van der Waals surface area contributed by atoms with Gasteiger partial charge < -0.3 is 10.0 Å². The lowest BCUT2D eigenvalue weighted by atomic mass is 9.81. The van der Waals surface area contributed by atoms with E-state index >= 15 is 0 Å². The van der Waals surface area contributed by atoms with Gasteiger partial charge in [-0.15, -0.1) is 0 Å². The van der Waals surface area contributed by atoms with E-state index in [1.807, 2.05) is 0 Å². The van der Waals surface area contributed by atoms with Gasteiger partial charge >= 0.3 is 5.97 Å². The molecule has 4 nitrogen and oxygen atoms in total. The fourth-order valence-electron chi connectivity index (χ4n) is 3.17. The van der Waals surface area contributed by atoms with Crippen molar-refractivity contribution in [2.45, 2.75) is 60.3 Å². The number of carbonyl (C=O) groups excluding carboxylic acids is 1. The number of likely N-dealkylation sites (tertiary alicyclic amines) is 1. The average molecular weight is 283 g/mol. The Bertz CT molecular complexity index is 372. The van der Waals surface area contributed by atoms with Crippen LogP contribution >= 0.6 is 0 Å². The van der Waals surface area contributed by atoms with Gasteiger partial charge in [0.2, 0.25) is 5.91 Å². The zero-order valence-corrected chi connectivity index (χ0v) is 13.5. The van der Waals surface area contributed by atoms with E-state index in [1.54, 1.807) is 11.8 Å². The van der Waals surface area contributed by atoms with Crippen LogP contribution in [0.5, 0.6) is 0 Å². The molecule has 1 N–H and O–H groups in total. The number of hydrogen-bond acceptors (Lipinski definition) is 2. The molecule has 0 bridgehead atoms. The number of rotatable bonds is 4. The van der Waals surface area contributed by atoms with Crippen molar-refractivity contribution in [3.05, 3.63) is 0 Å². The monoisotopic (exact) mass is 283 g/mol. The van der Waals surface area contributed by atoms with Gasteiger partial charge in [0.05, 0.1) is 5.41 Å². The molecule has 0 aromatic rings. The van der Waals surface area contributed by atoms with Crippen molar-refractivity contribution in [3.8, 4) is 0 Å². The minimum absolute atomic E-state index is 0.105. The summed E-state index contributed by atoms with van der Waals surface area (Å²) in [5, 5.41) is 9.29. The van der Waals surface area contributed by atoms with Crippen LogP contribution in [0, 0.1) is 16.7 Å². The Morgan fingerprint density at radius 3 is 2.45 bits per heavy atom. The minimum atomic E-state index is -0.794. The van der Waals surface area contributed by atoms with Crippen molar-refractivity contribution in [2.24, 2.45) is 16.7 Å². The highest BCUT2D eigenvalue weighted by molar-refractivity contribution is 5.79. The highest BCUT2D eigenvalue weighted by atomic mass is 16.4. The number of carboxylic acid groups (broad SMARTS) is 1. The van der Waals surface area contributed by atoms with E-state index in [0.29, 0.717) is 31.8 Å². The standard InChI is InChI=1S/C16H29NO3/c1-12(10-15(2,3)4)9-13(18)17-8-6-7-16(5,11-17)14(19)20/h12H,6-11H2,1-5H3,(H,19,20). The Morgan fingerprint density at radius 2 is 1.95 bits per heavy atom. The molecule has 2 unspecified atom stereocenters. The Kier molecular flexibility index (Phi) is 5.22. The Balaban J connectivity index is 2.57. The van der Waals surface area contributed by atoms with Crippen LogP contribution in [-0.2, 0) is 9.59 Å². The van der Waals surface area contributed by atoms with E-state index in [2.05, 4.69) is 27.7 Å². The van der Waals surface area contributed by atoms with E-state index in [1.165, 1.54) is 0 Å². The molecule has 1 amide bonds. The molecule has 0 aromatic heterocycles. The van der Waals surface area contributed by atoms with Crippen LogP contribution in [0.15, 0.2) is 0 Å². The largest absolute Gasteiger partial charge is 0.481 e. The normalized spacial score (nSPS) is 25.4. The van der Waals surface area contributed by atoms with Gasteiger partial charge in [0, 0.05) is 19.5 Å². The Morgan fingerprint density at radius 1 is 1.35 bits per heavy atom. The van der Waals surface area contributed by atoms with Crippen LogP contribution in [0.3, 0.4) is 0 Å². The van der Waals surface area contributed by atoms with Crippen LogP contribution in [0.25, 0.3) is 0 Å². The van der Waals surface area contributed by atoms with Crippen LogP contribution < -0.4 is 0 Å². The summed E-state index contributed by atoms with van der Waals surface area (Å²) in [5.74, 6) is -0.354. The molecule has 0 spiro atoms. The number of carbonyl (C=O) groups is 2. The number of piperidine rings is 1. The van der Waals surface area contributed by atoms with E-state index < -0.39 is 11.4 Å². The molecule has 1 fully saturated rings. The van der Waals surface area contributed by atoms with Crippen molar-refractivity contribution in [1.29, 1.82) is 0 Å². The summed E-state index contributed by atoms with van der Waals surface area (Å²) in [6.45, 7) is 11.4. The van der Waals surface area contributed by atoms with Crippen molar-refractivity contribution in [3.63, 3.8) is 0 Å². The molecule has 1 aliphatic heterocycles. The van der Waals surface area contributed by atoms with E-state index in [0.717, 1.165) is 12.8 Å². The maximum atomic E-state index is 12.3. The second-order valence-corrected chi connectivity index (χ2v) is 7.86. The first kappa shape index (κ1) is 17.0. The van der Waals surface area contributed by atoms with Gasteiger partial charge in [0.15, 0.2) is 0 Å². The van der Waals surface area contributed by atoms with Crippen molar-refractivity contribution in [2.75, 3.05) is 13.1 Å². The molecule has 0 saturated carbocycles. The van der Waals surface area contributed by atoms with E-state index in [9.17, 15) is 14.7 Å². The highest BCUT2D eigenvalue weighted by Gasteiger charge is 2.39. The number of nitrogens with zero attached hydrogens (tertiary/aromatic N) is 1. The first-order valence-corrected chi connectivity index (χ1v) is 7.55. The minimum Gasteiger partial charge on any atom is -0.481 e. The van der Waals surface area contributed by atoms with Gasteiger partial charge in [0.1, 0.15) is 0 Å². The third-order valence-electron chi connectivity index (χ3n) is 4.05. The van der Waals surface area contributed by atoms with Gasteiger partial charge in [0.25, 0.3) is 0 Å². The number of hydrogen-bond donors (Lipinski definition) is 1. The summed E-state index contributed by atoms with van der Waals surface area (Å²) < 4.78 is 0. The Hall–Kier alpha value is -1.06. The number of amides is 1. The third kappa shape index (κ3) is 4.80. The summed E-state index contributed by atoms with van der Waals surface area (Å²) in [4.78, 5) is 25.4. The molecule has 1 aliphatic rings. The van der Waals surface area contributed by atoms with Crippen molar-refractivity contribution >= 4 is 11.9 Å². The van der Waals surface area contributed by atoms with Gasteiger partial charge in [-0.2, -0.15) is 0 Å². The van der Waals surface area contributed by atoms with Gasteiger partial charge in [-0.1, -0.05) is 27.7 Å². The Labute approximate surface area is 122 Å². The zero-order chi connectivity index (χ0) is 15.6. The molecule has 4 heteroatoms. The second-order valence-electron chi connectivity index (χ2n) is 7.86. The van der Waals surface area contributed by atoms with Crippen LogP contribution in [0.1, 0.15) is 60.3 Å². The molecule has 0 radical (unpaired) electrons. The summed E-state index contributed by atoms with van der Waals surface area (Å²) in [6.07, 6.45) is 2.96. The van der Waals surface area contributed by atoms with Crippen LogP contribution in [0.4, 0.5) is 0 Å². The number of carboxylic acids is 1. The molecule has 1 rings (SSSR count). The lowest BCUT2D eigenvalue weighted by molar-refractivity contribution is -0.153. The third-order valence-corrected chi connectivity index (χ3v) is 4.05. The first-order chi connectivity index (χ1) is 9.03. The average Bonchev–Trinajstić information content (AvgIpc) is 2.26. The molecule has 20 heavy (non-hydrogen) atoms. The molecule has 2 atom stereocenters. The second kappa shape index (κ2) is 6.15. The molecule has 0 aliphatic carbocycles. The fourth-order valence-corrected chi connectivity index (χ4v) is 3.17. The van der Waals surface area contributed by atoms with E-state index in [-0.39, 0.29) is 11.3 Å². The fraction of sp³-hybridized carbons (Fsp3) is 0.875. The van der Waals surface area contributed by atoms with E-state index in [4.69, 9.17) is 0 Å². The van der Waals surface area contributed by atoms with Crippen LogP contribution in [0.2, 0.25) is 0 Å². The predicted molar refractivity (Wildman–Crippen MR) is 79.4 cm³/mol. The lowest BCUT2D eigenvalue weighted by Gasteiger charge is -2.38. The number of aliphatic carboxylic acids is 1. The molecular weight excluding hydrogens is 254 g/mol. The smallest absolute Gasteiger partial charge is 0.311 e. The summed E-state index contributed by atoms with van der Waals surface area (Å²) in [5.41, 5.74) is -0.557. The summed E-state index contributed by atoms with van der Waals surface area (Å²) >= 11 is 0. The SMILES string of the molecule is CC(CC(=O)N1CCCC(C)(C(=O)O)C1)CC(C)(C)C. The molecule has 1 heterocycles.